The fourth-order valence-electron chi connectivity index (χ4n) is 4.05. The second-order valence-electron chi connectivity index (χ2n) is 7.08. The van der Waals surface area contributed by atoms with E-state index in [1.807, 2.05) is 0 Å². The Morgan fingerprint density at radius 2 is 1.97 bits per heavy atom. The van der Waals surface area contributed by atoms with E-state index in [2.05, 4.69) is 10.3 Å². The molecule has 0 saturated carbocycles. The molecule has 3 heterocycles. The Kier molecular flexibility index (Phi) is 5.23. The van der Waals surface area contributed by atoms with Crippen LogP contribution in [0.15, 0.2) is 36.5 Å². The van der Waals surface area contributed by atoms with Gasteiger partial charge >= 0.3 is 6.18 Å². The Morgan fingerprint density at radius 1 is 1.21 bits per heavy atom. The van der Waals surface area contributed by atoms with Gasteiger partial charge in [-0.25, -0.2) is 0 Å². The van der Waals surface area contributed by atoms with Crippen molar-refractivity contribution in [3.8, 4) is 0 Å². The van der Waals surface area contributed by atoms with Gasteiger partial charge in [-0.1, -0.05) is 23.2 Å². The number of rotatable bonds is 3. The summed E-state index contributed by atoms with van der Waals surface area (Å²) in [4.78, 5) is 16.3. The van der Waals surface area contributed by atoms with Gasteiger partial charge in [0.05, 0.1) is 34.3 Å². The van der Waals surface area contributed by atoms with E-state index >= 15 is 0 Å². The first-order valence-corrected chi connectivity index (χ1v) is 9.53. The van der Waals surface area contributed by atoms with Gasteiger partial charge in [0.2, 0.25) is 5.91 Å². The highest BCUT2D eigenvalue weighted by atomic mass is 35.5. The van der Waals surface area contributed by atoms with Crippen LogP contribution in [0.2, 0.25) is 10.0 Å². The maximum Gasteiger partial charge on any atom is 0.433 e. The Balaban J connectivity index is 1.65. The third-order valence-corrected chi connectivity index (χ3v) is 6.01. The molecule has 0 spiro atoms. The smallest absolute Gasteiger partial charge is 0.390 e. The molecule has 1 amide bonds. The first-order chi connectivity index (χ1) is 13.6. The molecule has 2 saturated heterocycles. The molecule has 5 nitrogen and oxygen atoms in total. The van der Waals surface area contributed by atoms with Crippen LogP contribution in [0.3, 0.4) is 0 Å². The van der Waals surface area contributed by atoms with Gasteiger partial charge in [0.25, 0.3) is 0 Å². The molecule has 5 unspecified atom stereocenters. The lowest BCUT2D eigenvalue weighted by atomic mass is 9.74. The Labute approximate surface area is 173 Å². The van der Waals surface area contributed by atoms with Crippen molar-refractivity contribution < 1.29 is 27.8 Å². The molecule has 2 aliphatic rings. The van der Waals surface area contributed by atoms with E-state index in [-0.39, 0.29) is 17.0 Å². The number of nitrogens with zero attached hydrogens (tertiary/aromatic N) is 1. The third kappa shape index (κ3) is 3.82. The van der Waals surface area contributed by atoms with Crippen molar-refractivity contribution in [2.24, 2.45) is 5.92 Å². The summed E-state index contributed by atoms with van der Waals surface area (Å²) in [7, 11) is 0. The molecular formula is C19H15Cl2F3N2O3. The number of aliphatic hydroxyl groups excluding tert-OH is 1. The van der Waals surface area contributed by atoms with E-state index < -0.39 is 47.9 Å². The minimum atomic E-state index is -4.62. The molecule has 154 valence electrons. The Bertz CT molecular complexity index is 957. The number of aliphatic hydroxyl groups is 1. The van der Waals surface area contributed by atoms with Gasteiger partial charge in [0.15, 0.2) is 0 Å². The molecule has 2 aromatic rings. The van der Waals surface area contributed by atoms with Gasteiger partial charge in [0, 0.05) is 24.2 Å². The fraction of sp³-hybridized carbons (Fsp3) is 0.368. The van der Waals surface area contributed by atoms with E-state index in [9.17, 15) is 23.1 Å². The summed E-state index contributed by atoms with van der Waals surface area (Å²) in [5.41, 5.74) is -0.416. The van der Waals surface area contributed by atoms with Crippen LogP contribution >= 0.6 is 23.2 Å². The first-order valence-electron chi connectivity index (χ1n) is 8.78. The lowest BCUT2D eigenvalue weighted by Gasteiger charge is -2.30. The number of nitrogens with one attached hydrogen (secondary N) is 1. The number of hydrogen-bond acceptors (Lipinski definition) is 4. The van der Waals surface area contributed by atoms with Crippen LogP contribution in [0.4, 0.5) is 18.9 Å². The van der Waals surface area contributed by atoms with Crippen LogP contribution in [0.1, 0.15) is 23.6 Å². The average molecular weight is 447 g/mol. The summed E-state index contributed by atoms with van der Waals surface area (Å²) in [6.45, 7) is 0. The number of alkyl halides is 3. The number of benzene rings is 1. The predicted octanol–water partition coefficient (Wildman–Crippen LogP) is 4.28. The largest absolute Gasteiger partial charge is 0.433 e. The summed E-state index contributed by atoms with van der Waals surface area (Å²) >= 11 is 11.8. The highest BCUT2D eigenvalue weighted by molar-refractivity contribution is 6.42. The number of halogens is 5. The standard InChI is InChI=1S/C19H15Cl2F3N2O3/c20-10-2-1-9(6-11(10)21)26-18(28)16-13-7-12(27)17(29-13)15(16)8-3-4-25-14(5-8)19(22,23)24/h1-6,12-13,15-17,27H,7H2,(H,26,28). The predicted molar refractivity (Wildman–Crippen MR) is 99.8 cm³/mol. The van der Waals surface area contributed by atoms with E-state index in [0.29, 0.717) is 10.7 Å². The number of anilines is 1. The first kappa shape index (κ1) is 20.4. The number of carbonyl (C=O) groups is 1. The molecule has 1 aromatic heterocycles. The van der Waals surface area contributed by atoms with Crippen LogP contribution in [-0.2, 0) is 15.7 Å². The number of hydrogen-bond donors (Lipinski definition) is 2. The number of carbonyl (C=O) groups excluding carboxylic acids is 1. The van der Waals surface area contributed by atoms with Gasteiger partial charge in [-0.2, -0.15) is 13.2 Å². The molecule has 2 bridgehead atoms. The second-order valence-corrected chi connectivity index (χ2v) is 7.90. The van der Waals surface area contributed by atoms with Crippen molar-refractivity contribution in [3.63, 3.8) is 0 Å². The zero-order valence-corrected chi connectivity index (χ0v) is 16.2. The van der Waals surface area contributed by atoms with E-state index in [1.54, 1.807) is 6.07 Å². The van der Waals surface area contributed by atoms with Crippen molar-refractivity contribution in [1.29, 1.82) is 0 Å². The van der Waals surface area contributed by atoms with Gasteiger partial charge < -0.3 is 15.2 Å². The number of pyridine rings is 1. The normalized spacial score (nSPS) is 28.6. The molecule has 5 atom stereocenters. The molecule has 0 radical (unpaired) electrons. The van der Waals surface area contributed by atoms with Crippen LogP contribution in [0.5, 0.6) is 0 Å². The van der Waals surface area contributed by atoms with E-state index in [0.717, 1.165) is 12.3 Å². The van der Waals surface area contributed by atoms with Gasteiger partial charge in [0.1, 0.15) is 5.69 Å². The molecule has 2 N–H and O–H groups in total. The van der Waals surface area contributed by atoms with Crippen molar-refractivity contribution in [3.05, 3.63) is 57.8 Å². The highest BCUT2D eigenvalue weighted by Crippen LogP contribution is 2.49. The van der Waals surface area contributed by atoms with Gasteiger partial charge in [-0.3, -0.25) is 9.78 Å². The average Bonchev–Trinajstić information content (AvgIpc) is 3.21. The number of aromatic nitrogens is 1. The topological polar surface area (TPSA) is 71.5 Å². The molecule has 0 aliphatic carbocycles. The van der Waals surface area contributed by atoms with Crippen LogP contribution in [0, 0.1) is 5.92 Å². The van der Waals surface area contributed by atoms with Crippen molar-refractivity contribution in [1.82, 2.24) is 4.98 Å². The molecule has 2 aliphatic heterocycles. The fourth-order valence-corrected chi connectivity index (χ4v) is 4.35. The minimum Gasteiger partial charge on any atom is -0.390 e. The van der Waals surface area contributed by atoms with E-state index in [4.69, 9.17) is 27.9 Å². The Hall–Kier alpha value is -1.87. The zero-order chi connectivity index (χ0) is 20.9. The number of amides is 1. The van der Waals surface area contributed by atoms with Gasteiger partial charge in [-0.15, -0.1) is 0 Å². The summed E-state index contributed by atoms with van der Waals surface area (Å²) in [5, 5.41) is 13.5. The zero-order valence-electron chi connectivity index (χ0n) is 14.7. The van der Waals surface area contributed by atoms with Crippen molar-refractivity contribution in [2.75, 3.05) is 5.32 Å². The summed E-state index contributed by atoms with van der Waals surface area (Å²) in [6.07, 6.45) is -5.58. The molecule has 2 fully saturated rings. The number of fused-ring (bicyclic) bond motifs is 2. The summed E-state index contributed by atoms with van der Waals surface area (Å²) in [5.74, 6) is -1.95. The van der Waals surface area contributed by atoms with Crippen molar-refractivity contribution in [2.45, 2.75) is 36.8 Å². The van der Waals surface area contributed by atoms with Crippen molar-refractivity contribution >= 4 is 34.8 Å². The molecule has 4 rings (SSSR count). The maximum absolute atomic E-state index is 13.1. The van der Waals surface area contributed by atoms with E-state index in [1.165, 1.54) is 18.2 Å². The Morgan fingerprint density at radius 3 is 2.66 bits per heavy atom. The minimum absolute atomic E-state index is 0.234. The van der Waals surface area contributed by atoms with Gasteiger partial charge in [-0.05, 0) is 35.9 Å². The lowest BCUT2D eigenvalue weighted by molar-refractivity contribution is -0.141. The third-order valence-electron chi connectivity index (χ3n) is 5.28. The number of ether oxygens (including phenoxy) is 1. The molecular weight excluding hydrogens is 432 g/mol. The molecule has 1 aromatic carbocycles. The quantitative estimate of drug-likeness (QED) is 0.737. The lowest BCUT2D eigenvalue weighted by Crippen LogP contribution is -2.41. The molecule has 10 heteroatoms. The van der Waals surface area contributed by atoms with Crippen LogP contribution in [0.25, 0.3) is 0 Å². The molecule has 29 heavy (non-hydrogen) atoms. The maximum atomic E-state index is 13.1. The summed E-state index contributed by atoms with van der Waals surface area (Å²) in [6, 6.07) is 6.89. The SMILES string of the molecule is O=C(Nc1ccc(Cl)c(Cl)c1)C1C2CC(O)C(O2)C1c1ccnc(C(F)(F)F)c1. The highest BCUT2D eigenvalue weighted by Gasteiger charge is 2.57. The monoisotopic (exact) mass is 446 g/mol. The summed E-state index contributed by atoms with van der Waals surface area (Å²) < 4.78 is 45.0. The van der Waals surface area contributed by atoms with Crippen LogP contribution < -0.4 is 5.32 Å². The second kappa shape index (κ2) is 7.43. The van der Waals surface area contributed by atoms with Crippen LogP contribution in [-0.4, -0.2) is 34.3 Å².